The number of hydrogen-bond donors (Lipinski definition) is 2. The second-order valence-electron chi connectivity index (χ2n) is 6.49. The number of carbonyl (C=O) groups is 2. The molecule has 24 heavy (non-hydrogen) atoms. The minimum Gasteiger partial charge on any atom is -0.549 e. The lowest BCUT2D eigenvalue weighted by Crippen LogP contribution is -2.56. The molecule has 0 spiro atoms. The van der Waals surface area contributed by atoms with Crippen molar-refractivity contribution in [2.24, 2.45) is 21.3 Å². The number of para-hydroxylation sites is 1. The van der Waals surface area contributed by atoms with Gasteiger partial charge in [0.25, 0.3) is 5.91 Å². The van der Waals surface area contributed by atoms with E-state index in [9.17, 15) is 14.7 Å². The number of aliphatic carboxylic acids is 1. The van der Waals surface area contributed by atoms with Gasteiger partial charge in [0.2, 0.25) is 0 Å². The minimum absolute atomic E-state index is 0. The van der Waals surface area contributed by atoms with E-state index < -0.39 is 16.9 Å². The molecule has 3 rings (SSSR count). The number of aliphatic imine (C=N–C) groups is 1. The number of rotatable bonds is 3. The van der Waals surface area contributed by atoms with Crippen molar-refractivity contribution in [3.63, 3.8) is 0 Å². The predicted molar refractivity (Wildman–Crippen MR) is 88.8 cm³/mol. The zero-order valence-corrected chi connectivity index (χ0v) is 14.3. The molecule has 2 unspecified atom stereocenters. The highest BCUT2D eigenvalue weighted by atomic mass is 16.4. The highest BCUT2D eigenvalue weighted by molar-refractivity contribution is 6.19. The summed E-state index contributed by atoms with van der Waals surface area (Å²) in [6.07, 6.45) is 1.58. The highest BCUT2D eigenvalue weighted by Crippen LogP contribution is 2.32. The van der Waals surface area contributed by atoms with Crippen molar-refractivity contribution < 1.29 is 14.7 Å². The Morgan fingerprint density at radius 2 is 2.00 bits per heavy atom. The Labute approximate surface area is 139 Å². The number of hydrogen-bond acceptors (Lipinski definition) is 5. The third-order valence-electron chi connectivity index (χ3n) is 4.78. The molecule has 0 saturated heterocycles. The van der Waals surface area contributed by atoms with Crippen LogP contribution in [0.1, 0.15) is 20.8 Å². The second-order valence-corrected chi connectivity index (χ2v) is 6.49. The monoisotopic (exact) mass is 330 g/mol. The third-order valence-corrected chi connectivity index (χ3v) is 4.78. The Balaban J connectivity index is 0.00000208. The van der Waals surface area contributed by atoms with E-state index in [0.29, 0.717) is 5.22 Å². The number of quaternary nitrogens is 1. The topological polar surface area (TPSA) is 130 Å². The molecule has 0 bridgehead atoms. The molecule has 1 amide bonds. The lowest BCUT2D eigenvalue weighted by atomic mass is 9.83. The molecule has 0 saturated carbocycles. The summed E-state index contributed by atoms with van der Waals surface area (Å²) in [5.41, 5.74) is -2.53. The summed E-state index contributed by atoms with van der Waals surface area (Å²) in [6, 6.07) is 7.25. The van der Waals surface area contributed by atoms with E-state index in [1.807, 2.05) is 32.0 Å². The molecular weight excluding hydrogens is 308 g/mol. The summed E-state index contributed by atoms with van der Waals surface area (Å²) < 4.78 is 0. The molecular formula is C17H22N4O3. The molecule has 0 aliphatic carbocycles. The van der Waals surface area contributed by atoms with Gasteiger partial charge < -0.3 is 21.4 Å². The average molecular weight is 330 g/mol. The number of fused-ring (bicyclic) bond motifs is 1. The van der Waals surface area contributed by atoms with Crippen molar-refractivity contribution in [1.82, 2.24) is 11.5 Å². The number of carboxylic acid groups (broad SMARTS) is 1. The van der Waals surface area contributed by atoms with Crippen molar-refractivity contribution in [3.05, 3.63) is 34.8 Å². The summed E-state index contributed by atoms with van der Waals surface area (Å²) in [4.78, 5) is 33.0. The molecule has 0 fully saturated rings. The third kappa shape index (κ3) is 2.41. The molecule has 128 valence electrons. The van der Waals surface area contributed by atoms with E-state index in [4.69, 9.17) is 0 Å². The number of nitrogens with zero attached hydrogens (tertiary/aromatic N) is 2. The summed E-state index contributed by atoms with van der Waals surface area (Å²) in [5, 5.41) is 16.0. The second kappa shape index (κ2) is 5.83. The molecule has 2 atom stereocenters. The lowest BCUT2D eigenvalue weighted by Gasteiger charge is -2.31. The van der Waals surface area contributed by atoms with Crippen LogP contribution in [0.4, 0.5) is 0 Å². The number of carboxylic acids is 1. The molecule has 0 radical (unpaired) electrons. The zero-order chi connectivity index (χ0) is 16.8. The number of benzene rings is 1. The van der Waals surface area contributed by atoms with Crippen molar-refractivity contribution in [3.8, 4) is 0 Å². The van der Waals surface area contributed by atoms with Crippen molar-refractivity contribution >= 4 is 23.8 Å². The van der Waals surface area contributed by atoms with Gasteiger partial charge in [0.05, 0.1) is 17.9 Å². The average Bonchev–Trinajstić information content (AvgIpc) is 2.84. The quantitative estimate of drug-likeness (QED) is 0.749. The number of amidine groups is 1. The number of amides is 1. The van der Waals surface area contributed by atoms with Crippen LogP contribution < -0.4 is 27.1 Å². The van der Waals surface area contributed by atoms with Gasteiger partial charge in [-0.15, -0.1) is 0 Å². The van der Waals surface area contributed by atoms with Crippen LogP contribution in [0.25, 0.3) is 6.08 Å². The van der Waals surface area contributed by atoms with Gasteiger partial charge in [-0.2, -0.15) is 0 Å². The van der Waals surface area contributed by atoms with Crippen LogP contribution in [0.15, 0.2) is 34.3 Å². The maximum absolute atomic E-state index is 12.3. The fourth-order valence-corrected chi connectivity index (χ4v) is 2.79. The van der Waals surface area contributed by atoms with E-state index >= 15 is 0 Å². The van der Waals surface area contributed by atoms with E-state index in [2.05, 4.69) is 15.3 Å². The first-order valence-corrected chi connectivity index (χ1v) is 7.55. The van der Waals surface area contributed by atoms with Crippen LogP contribution in [0, 0.1) is 11.3 Å². The first kappa shape index (κ1) is 17.8. The molecule has 1 aromatic rings. The van der Waals surface area contributed by atoms with Crippen LogP contribution in [0.5, 0.6) is 0 Å². The molecule has 0 aromatic heterocycles. The Kier molecular flexibility index (Phi) is 4.32. The summed E-state index contributed by atoms with van der Waals surface area (Å²) >= 11 is 0. The SMILES string of the molecule is CC(C)C1(C)N=C(C2(C(=O)[O-])C=c3ccccc3=NC2)NC1=O.[NH4+]. The highest BCUT2D eigenvalue weighted by Gasteiger charge is 2.48. The Morgan fingerprint density at radius 1 is 1.33 bits per heavy atom. The van der Waals surface area contributed by atoms with Gasteiger partial charge >= 0.3 is 0 Å². The van der Waals surface area contributed by atoms with Crippen LogP contribution in [0.3, 0.4) is 0 Å². The predicted octanol–water partition coefficient (Wildman–Crippen LogP) is -0.844. The number of nitrogens with one attached hydrogen (secondary N) is 1. The zero-order valence-electron chi connectivity index (χ0n) is 14.3. The van der Waals surface area contributed by atoms with Gasteiger partial charge in [-0.1, -0.05) is 38.1 Å². The van der Waals surface area contributed by atoms with E-state index in [-0.39, 0.29) is 30.4 Å². The van der Waals surface area contributed by atoms with E-state index in [1.54, 1.807) is 19.1 Å². The standard InChI is InChI=1S/C17H19N3O3.H3N/c1-10(2)16(3)14(21)19-13(20-16)17(15(22)23)8-11-6-4-5-7-12(11)18-9-17;/h4-8,10H,9H2,1-3H3,(H,22,23)(H,19,20,21);1H3. The molecule has 2 aliphatic heterocycles. The minimum atomic E-state index is -1.54. The van der Waals surface area contributed by atoms with E-state index in [0.717, 1.165) is 5.36 Å². The summed E-state index contributed by atoms with van der Waals surface area (Å²) in [6.45, 7) is 5.42. The van der Waals surface area contributed by atoms with Gasteiger partial charge in [-0.25, -0.2) is 0 Å². The fourth-order valence-electron chi connectivity index (χ4n) is 2.79. The maximum Gasteiger partial charge on any atom is 0.253 e. The van der Waals surface area contributed by atoms with Crippen LogP contribution >= 0.6 is 0 Å². The molecule has 1 aromatic carbocycles. The van der Waals surface area contributed by atoms with Gasteiger partial charge in [0.15, 0.2) is 0 Å². The smallest absolute Gasteiger partial charge is 0.253 e. The summed E-state index contributed by atoms with van der Waals surface area (Å²) in [5.74, 6) is -1.57. The molecule has 5 N–H and O–H groups in total. The van der Waals surface area contributed by atoms with Crippen molar-refractivity contribution in [2.75, 3.05) is 6.54 Å². The first-order chi connectivity index (χ1) is 10.8. The maximum atomic E-state index is 12.3. The summed E-state index contributed by atoms with van der Waals surface area (Å²) in [7, 11) is 0. The number of carbonyl (C=O) groups excluding carboxylic acids is 2. The van der Waals surface area contributed by atoms with Crippen molar-refractivity contribution in [2.45, 2.75) is 26.3 Å². The van der Waals surface area contributed by atoms with Crippen LogP contribution in [-0.4, -0.2) is 29.8 Å². The Bertz CT molecular complexity index is 846. The van der Waals surface area contributed by atoms with Gasteiger partial charge in [-0.3, -0.25) is 14.8 Å². The molecule has 2 heterocycles. The van der Waals surface area contributed by atoms with Crippen LogP contribution in [0.2, 0.25) is 0 Å². The largest absolute Gasteiger partial charge is 0.549 e. The van der Waals surface area contributed by atoms with E-state index in [1.165, 1.54) is 0 Å². The fraction of sp³-hybridized carbons (Fsp3) is 0.412. The Hall–Kier alpha value is -2.54. The van der Waals surface area contributed by atoms with Crippen LogP contribution in [-0.2, 0) is 9.59 Å². The first-order valence-electron chi connectivity index (χ1n) is 7.55. The van der Waals surface area contributed by atoms with Crippen molar-refractivity contribution in [1.29, 1.82) is 0 Å². The Morgan fingerprint density at radius 3 is 2.58 bits per heavy atom. The lowest BCUT2D eigenvalue weighted by molar-refractivity contribution is -0.311. The van der Waals surface area contributed by atoms with Gasteiger partial charge in [0.1, 0.15) is 16.8 Å². The molecule has 2 aliphatic rings. The molecule has 7 heteroatoms. The van der Waals surface area contributed by atoms with Gasteiger partial charge in [-0.05, 0) is 24.1 Å². The molecule has 7 nitrogen and oxygen atoms in total. The van der Waals surface area contributed by atoms with Gasteiger partial charge in [0, 0.05) is 0 Å². The normalized spacial score (nSPS) is 28.0.